The Bertz CT molecular complexity index is 851. The van der Waals surface area contributed by atoms with E-state index in [1.54, 1.807) is 6.07 Å². The van der Waals surface area contributed by atoms with Crippen LogP contribution in [0.25, 0.3) is 11.4 Å². The fourth-order valence-electron chi connectivity index (χ4n) is 1.84. The predicted molar refractivity (Wildman–Crippen MR) is 82.5 cm³/mol. The second kappa shape index (κ2) is 5.90. The van der Waals surface area contributed by atoms with Crippen molar-refractivity contribution in [3.63, 3.8) is 0 Å². The minimum absolute atomic E-state index is 0.0853. The van der Waals surface area contributed by atoms with E-state index in [9.17, 15) is 8.42 Å². The van der Waals surface area contributed by atoms with Crippen LogP contribution in [0.2, 0.25) is 0 Å². The van der Waals surface area contributed by atoms with Crippen molar-refractivity contribution < 1.29 is 8.42 Å². The third-order valence-electron chi connectivity index (χ3n) is 2.88. The lowest BCUT2D eigenvalue weighted by Crippen LogP contribution is -2.13. The third kappa shape index (κ3) is 3.09. The van der Waals surface area contributed by atoms with Crippen LogP contribution in [0.5, 0.6) is 0 Å². The number of nitrogens with one attached hydrogen (secondary N) is 1. The lowest BCUT2D eigenvalue weighted by molar-refractivity contribution is 0.600. The number of pyridine rings is 1. The van der Waals surface area contributed by atoms with Crippen molar-refractivity contribution in [1.82, 2.24) is 15.0 Å². The van der Waals surface area contributed by atoms with Gasteiger partial charge in [0, 0.05) is 18.0 Å². The lowest BCUT2D eigenvalue weighted by atomic mass is 10.2. The summed E-state index contributed by atoms with van der Waals surface area (Å²) in [5.41, 5.74) is 1.16. The Balaban J connectivity index is 1.83. The van der Waals surface area contributed by atoms with E-state index in [4.69, 9.17) is 0 Å². The molecule has 0 bridgehead atoms. The summed E-state index contributed by atoms with van der Waals surface area (Å²) >= 11 is 0. The van der Waals surface area contributed by atoms with Crippen LogP contribution >= 0.6 is 0 Å². The average molecular weight is 312 g/mol. The molecule has 22 heavy (non-hydrogen) atoms. The van der Waals surface area contributed by atoms with Crippen LogP contribution in [0.1, 0.15) is 0 Å². The van der Waals surface area contributed by atoms with Gasteiger partial charge < -0.3 is 0 Å². The van der Waals surface area contributed by atoms with E-state index >= 15 is 0 Å². The summed E-state index contributed by atoms with van der Waals surface area (Å²) < 4.78 is 26.7. The number of nitrogens with zero attached hydrogens (tertiary/aromatic N) is 3. The number of anilines is 1. The maximum absolute atomic E-state index is 12.1. The topological polar surface area (TPSA) is 84.8 Å². The van der Waals surface area contributed by atoms with E-state index in [0.29, 0.717) is 11.5 Å². The maximum Gasteiger partial charge on any atom is 0.263 e. The highest BCUT2D eigenvalue weighted by atomic mass is 32.2. The molecule has 2 heterocycles. The van der Waals surface area contributed by atoms with E-state index in [1.807, 2.05) is 30.3 Å². The molecule has 0 saturated carbocycles. The van der Waals surface area contributed by atoms with Crippen LogP contribution < -0.4 is 4.72 Å². The van der Waals surface area contributed by atoms with E-state index in [-0.39, 0.29) is 4.90 Å². The molecule has 1 N–H and O–H groups in total. The molecule has 0 amide bonds. The molecule has 0 aliphatic heterocycles. The van der Waals surface area contributed by atoms with Crippen molar-refractivity contribution >= 4 is 15.7 Å². The van der Waals surface area contributed by atoms with Crippen LogP contribution in [0.4, 0.5) is 5.69 Å². The highest BCUT2D eigenvalue weighted by Gasteiger charge is 2.14. The third-order valence-corrected chi connectivity index (χ3v) is 4.25. The number of hydrogen-bond donors (Lipinski definition) is 1. The average Bonchev–Trinajstić information content (AvgIpc) is 2.57. The summed E-state index contributed by atoms with van der Waals surface area (Å²) in [5.74, 6) is 0.532. The van der Waals surface area contributed by atoms with Crippen LogP contribution in [0, 0.1) is 0 Å². The van der Waals surface area contributed by atoms with Crippen molar-refractivity contribution in [2.75, 3.05) is 4.72 Å². The Kier molecular flexibility index (Phi) is 3.80. The first kappa shape index (κ1) is 14.2. The number of sulfonamides is 1. The van der Waals surface area contributed by atoms with Crippen molar-refractivity contribution in [2.45, 2.75) is 4.90 Å². The Morgan fingerprint density at radius 3 is 2.23 bits per heavy atom. The molecule has 0 aliphatic carbocycles. The normalized spacial score (nSPS) is 11.1. The molecule has 1 aromatic carbocycles. The van der Waals surface area contributed by atoms with E-state index in [0.717, 1.165) is 5.56 Å². The summed E-state index contributed by atoms with van der Waals surface area (Å²) in [6.07, 6.45) is 5.66. The predicted octanol–water partition coefficient (Wildman–Crippen LogP) is 2.34. The smallest absolute Gasteiger partial charge is 0.263 e. The molecule has 0 unspecified atom stereocenters. The van der Waals surface area contributed by atoms with Gasteiger partial charge in [-0.25, -0.2) is 18.4 Å². The second-order valence-corrected chi connectivity index (χ2v) is 6.14. The molecule has 0 atom stereocenters. The summed E-state index contributed by atoms with van der Waals surface area (Å²) in [6.45, 7) is 0. The van der Waals surface area contributed by atoms with Crippen molar-refractivity contribution in [3.05, 3.63) is 67.3 Å². The molecular formula is C15H12N4O2S. The van der Waals surface area contributed by atoms with Gasteiger partial charge in [-0.15, -0.1) is 0 Å². The highest BCUT2D eigenvalue weighted by molar-refractivity contribution is 7.92. The molecule has 110 valence electrons. The molecule has 3 rings (SSSR count). The maximum atomic E-state index is 12.1. The zero-order valence-corrected chi connectivity index (χ0v) is 12.2. The summed E-state index contributed by atoms with van der Waals surface area (Å²) in [6, 6.07) is 12.5. The van der Waals surface area contributed by atoms with Gasteiger partial charge in [-0.05, 0) is 12.1 Å². The van der Waals surface area contributed by atoms with Crippen LogP contribution in [0.3, 0.4) is 0 Å². The van der Waals surface area contributed by atoms with Crippen LogP contribution in [-0.4, -0.2) is 23.4 Å². The number of benzene rings is 1. The summed E-state index contributed by atoms with van der Waals surface area (Å²) in [7, 11) is -3.68. The fourth-order valence-corrected chi connectivity index (χ4v) is 2.83. The first-order valence-electron chi connectivity index (χ1n) is 6.45. The van der Waals surface area contributed by atoms with Crippen molar-refractivity contribution in [3.8, 4) is 11.4 Å². The van der Waals surface area contributed by atoms with Gasteiger partial charge in [0.05, 0.1) is 18.1 Å². The number of aromatic nitrogens is 3. The molecule has 0 radical (unpaired) electrons. The Hall–Kier alpha value is -2.80. The molecular weight excluding hydrogens is 300 g/mol. The molecule has 0 aliphatic rings. The van der Waals surface area contributed by atoms with Crippen LogP contribution in [-0.2, 0) is 10.0 Å². The highest BCUT2D eigenvalue weighted by Crippen LogP contribution is 2.17. The van der Waals surface area contributed by atoms with Gasteiger partial charge in [0.25, 0.3) is 10.0 Å². The molecule has 2 aromatic heterocycles. The summed E-state index contributed by atoms with van der Waals surface area (Å²) in [4.78, 5) is 12.2. The number of rotatable bonds is 4. The van der Waals surface area contributed by atoms with E-state index < -0.39 is 10.0 Å². The standard InChI is InChI=1S/C15H12N4O2S/c20-22(21,14-7-4-8-16-11-14)19-13-9-17-15(18-10-13)12-5-2-1-3-6-12/h1-11,19H. The van der Waals surface area contributed by atoms with Gasteiger partial charge in [-0.1, -0.05) is 30.3 Å². The van der Waals surface area contributed by atoms with Crippen molar-refractivity contribution in [2.24, 2.45) is 0 Å². The van der Waals surface area contributed by atoms with E-state index in [2.05, 4.69) is 19.7 Å². The largest absolute Gasteiger partial charge is 0.276 e. The zero-order valence-electron chi connectivity index (χ0n) is 11.4. The van der Waals surface area contributed by atoms with Gasteiger partial charge in [0.15, 0.2) is 5.82 Å². The molecule has 6 nitrogen and oxygen atoms in total. The SMILES string of the molecule is O=S(=O)(Nc1cnc(-c2ccccc2)nc1)c1cccnc1. The van der Waals surface area contributed by atoms with Gasteiger partial charge >= 0.3 is 0 Å². The van der Waals surface area contributed by atoms with Gasteiger partial charge in [-0.2, -0.15) is 0 Å². The minimum atomic E-state index is -3.68. The monoisotopic (exact) mass is 312 g/mol. The van der Waals surface area contributed by atoms with Gasteiger partial charge in [0.2, 0.25) is 0 Å². The van der Waals surface area contributed by atoms with Gasteiger partial charge in [-0.3, -0.25) is 9.71 Å². The second-order valence-electron chi connectivity index (χ2n) is 4.46. The van der Waals surface area contributed by atoms with Crippen LogP contribution in [0.15, 0.2) is 72.1 Å². The first-order chi connectivity index (χ1) is 10.6. The quantitative estimate of drug-likeness (QED) is 0.799. The Morgan fingerprint density at radius 1 is 0.864 bits per heavy atom. The minimum Gasteiger partial charge on any atom is -0.276 e. The van der Waals surface area contributed by atoms with Gasteiger partial charge in [0.1, 0.15) is 4.90 Å². The lowest BCUT2D eigenvalue weighted by Gasteiger charge is -2.07. The molecule has 0 saturated heterocycles. The molecule has 3 aromatic rings. The molecule has 7 heteroatoms. The Labute approximate surface area is 128 Å². The zero-order chi connectivity index (χ0) is 15.4. The molecule has 0 spiro atoms. The summed E-state index contributed by atoms with van der Waals surface area (Å²) in [5, 5.41) is 0. The molecule has 0 fully saturated rings. The van der Waals surface area contributed by atoms with E-state index in [1.165, 1.54) is 30.9 Å². The first-order valence-corrected chi connectivity index (χ1v) is 7.94. The Morgan fingerprint density at radius 2 is 1.59 bits per heavy atom. The van der Waals surface area contributed by atoms with Crippen molar-refractivity contribution in [1.29, 1.82) is 0 Å². The fraction of sp³-hybridized carbons (Fsp3) is 0. The number of hydrogen-bond acceptors (Lipinski definition) is 5.